The van der Waals surface area contributed by atoms with Gasteiger partial charge < -0.3 is 9.84 Å². The number of hydrogen-bond acceptors (Lipinski definition) is 4. The van der Waals surface area contributed by atoms with Gasteiger partial charge in [-0.15, -0.1) is 0 Å². The van der Waals surface area contributed by atoms with Gasteiger partial charge in [-0.3, -0.25) is 0 Å². The maximum absolute atomic E-state index is 14.1. The quantitative estimate of drug-likeness (QED) is 0.327. The van der Waals surface area contributed by atoms with E-state index in [0.29, 0.717) is 17.7 Å². The number of aliphatic hydroxyl groups excluding tert-OH is 1. The van der Waals surface area contributed by atoms with Gasteiger partial charge in [0.05, 0.1) is 29.0 Å². The second-order valence-corrected chi connectivity index (χ2v) is 13.3. The zero-order valence-corrected chi connectivity index (χ0v) is 23.8. The molecule has 0 saturated heterocycles. The summed E-state index contributed by atoms with van der Waals surface area (Å²) in [6, 6.07) is 7.25. The van der Waals surface area contributed by atoms with Crippen molar-refractivity contribution in [3.63, 3.8) is 0 Å². The standard InChI is InChI=1S/C30H46O4S/c1-21(2)34-26(18-23(4)15-17-31)19-24(5)20-28(29-25(6)10-9-16-30(29,7)8)35(32,33)27-13-11-22(3)12-14-27/h11-15,19,21,26,28,31H,9-10,16-18,20H2,1-8H3. The second-order valence-electron chi connectivity index (χ2n) is 11.2. The van der Waals surface area contributed by atoms with Gasteiger partial charge >= 0.3 is 0 Å². The van der Waals surface area contributed by atoms with Crippen LogP contribution >= 0.6 is 0 Å². The number of allylic oxidation sites excluding steroid dienone is 2. The van der Waals surface area contributed by atoms with Crippen molar-refractivity contribution in [2.75, 3.05) is 6.61 Å². The first kappa shape index (κ1) is 29.5. The van der Waals surface area contributed by atoms with E-state index in [1.54, 1.807) is 18.2 Å². The Kier molecular flexibility index (Phi) is 10.6. The third-order valence-corrected chi connectivity index (χ3v) is 9.06. The Morgan fingerprint density at radius 3 is 2.26 bits per heavy atom. The van der Waals surface area contributed by atoms with Crippen molar-refractivity contribution >= 4 is 9.84 Å². The zero-order valence-electron chi connectivity index (χ0n) is 23.0. The number of aryl methyl sites for hydroxylation is 1. The molecule has 0 amide bonds. The molecule has 1 aromatic carbocycles. The van der Waals surface area contributed by atoms with Crippen LogP contribution in [0.15, 0.2) is 63.6 Å². The third kappa shape index (κ3) is 8.16. The molecule has 2 atom stereocenters. The number of sulfone groups is 1. The minimum Gasteiger partial charge on any atom is -0.392 e. The molecule has 4 nitrogen and oxygen atoms in total. The molecule has 0 spiro atoms. The highest BCUT2D eigenvalue weighted by Gasteiger charge is 2.40. The Morgan fingerprint density at radius 1 is 1.09 bits per heavy atom. The maximum atomic E-state index is 14.1. The maximum Gasteiger partial charge on any atom is 0.185 e. The fourth-order valence-electron chi connectivity index (χ4n) is 5.34. The van der Waals surface area contributed by atoms with Crippen molar-refractivity contribution in [3.05, 3.63) is 64.3 Å². The van der Waals surface area contributed by atoms with E-state index in [9.17, 15) is 13.5 Å². The van der Waals surface area contributed by atoms with Gasteiger partial charge in [-0.2, -0.15) is 0 Å². The molecule has 1 aliphatic rings. The van der Waals surface area contributed by atoms with Crippen molar-refractivity contribution in [3.8, 4) is 0 Å². The fourth-order valence-corrected chi connectivity index (χ4v) is 7.50. The van der Waals surface area contributed by atoms with E-state index >= 15 is 0 Å². The Balaban J connectivity index is 2.54. The summed E-state index contributed by atoms with van der Waals surface area (Å²) in [5, 5.41) is 8.65. The van der Waals surface area contributed by atoms with Gasteiger partial charge in [-0.1, -0.05) is 60.4 Å². The lowest BCUT2D eigenvalue weighted by Crippen LogP contribution is -2.35. The van der Waals surface area contributed by atoms with E-state index in [1.807, 2.05) is 46.8 Å². The zero-order chi connectivity index (χ0) is 26.4. The van der Waals surface area contributed by atoms with Crippen molar-refractivity contribution in [2.45, 2.75) is 110 Å². The minimum absolute atomic E-state index is 0.00229. The summed E-state index contributed by atoms with van der Waals surface area (Å²) in [5.74, 6) is 0. The molecule has 1 aliphatic carbocycles. The predicted molar refractivity (Wildman–Crippen MR) is 146 cm³/mol. The topological polar surface area (TPSA) is 63.6 Å². The molecule has 0 heterocycles. The summed E-state index contributed by atoms with van der Waals surface area (Å²) < 4.78 is 34.4. The highest BCUT2D eigenvalue weighted by Crippen LogP contribution is 2.46. The molecule has 0 bridgehead atoms. The highest BCUT2D eigenvalue weighted by atomic mass is 32.2. The van der Waals surface area contributed by atoms with Crippen LogP contribution in [0.3, 0.4) is 0 Å². The van der Waals surface area contributed by atoms with Crippen LogP contribution in [0.5, 0.6) is 0 Å². The Morgan fingerprint density at radius 2 is 1.71 bits per heavy atom. The van der Waals surface area contributed by atoms with Crippen molar-refractivity contribution in [2.24, 2.45) is 5.41 Å². The molecule has 35 heavy (non-hydrogen) atoms. The molecule has 1 N–H and O–H groups in total. The Labute approximate surface area is 214 Å². The molecule has 1 aromatic rings. The monoisotopic (exact) mass is 502 g/mol. The van der Waals surface area contributed by atoms with Gasteiger partial charge in [0.25, 0.3) is 0 Å². The second kappa shape index (κ2) is 12.5. The molecule has 0 saturated carbocycles. The third-order valence-electron chi connectivity index (χ3n) is 6.98. The molecule has 0 fully saturated rings. The van der Waals surface area contributed by atoms with Crippen molar-refractivity contribution in [1.82, 2.24) is 0 Å². The van der Waals surface area contributed by atoms with Crippen molar-refractivity contribution < 1.29 is 18.3 Å². The number of hydrogen-bond donors (Lipinski definition) is 1. The fraction of sp³-hybridized carbons (Fsp3) is 0.600. The first-order chi connectivity index (χ1) is 16.3. The highest BCUT2D eigenvalue weighted by molar-refractivity contribution is 7.92. The van der Waals surface area contributed by atoms with Gasteiger partial charge in [0.15, 0.2) is 9.84 Å². The largest absolute Gasteiger partial charge is 0.392 e. The van der Waals surface area contributed by atoms with E-state index in [-0.39, 0.29) is 24.2 Å². The number of ether oxygens (including phenoxy) is 1. The molecule has 2 rings (SSSR count). The van der Waals surface area contributed by atoms with Crippen LogP contribution in [0.4, 0.5) is 0 Å². The average Bonchev–Trinajstić information content (AvgIpc) is 2.72. The summed E-state index contributed by atoms with van der Waals surface area (Å²) in [6.45, 7) is 16.5. The van der Waals surface area contributed by atoms with Crippen LogP contribution < -0.4 is 0 Å². The van der Waals surface area contributed by atoms with E-state index < -0.39 is 15.1 Å². The van der Waals surface area contributed by atoms with Crippen molar-refractivity contribution in [1.29, 1.82) is 0 Å². The van der Waals surface area contributed by atoms with Crippen LogP contribution in [0.25, 0.3) is 0 Å². The smallest absolute Gasteiger partial charge is 0.185 e. The van der Waals surface area contributed by atoms with Crippen LogP contribution in [-0.2, 0) is 14.6 Å². The lowest BCUT2D eigenvalue weighted by atomic mass is 9.70. The molecule has 5 heteroatoms. The molecule has 196 valence electrons. The van der Waals surface area contributed by atoms with E-state index in [0.717, 1.165) is 41.5 Å². The van der Waals surface area contributed by atoms with Gasteiger partial charge in [0, 0.05) is 0 Å². The first-order valence-corrected chi connectivity index (χ1v) is 14.4. The summed E-state index contributed by atoms with van der Waals surface area (Å²) >= 11 is 0. The van der Waals surface area contributed by atoms with E-state index in [4.69, 9.17) is 4.74 Å². The van der Waals surface area contributed by atoms with Crippen LogP contribution in [0, 0.1) is 12.3 Å². The normalized spacial score (nSPS) is 19.3. The molecule has 0 aromatic heterocycles. The van der Waals surface area contributed by atoms with E-state index in [2.05, 4.69) is 26.8 Å². The van der Waals surface area contributed by atoms with E-state index in [1.165, 1.54) is 5.57 Å². The summed E-state index contributed by atoms with van der Waals surface area (Å²) in [5.41, 5.74) is 5.23. The minimum atomic E-state index is -3.59. The van der Waals surface area contributed by atoms with Gasteiger partial charge in [-0.25, -0.2) is 8.42 Å². The van der Waals surface area contributed by atoms with Gasteiger partial charge in [0.2, 0.25) is 0 Å². The Hall–Kier alpha value is -1.69. The summed E-state index contributed by atoms with van der Waals surface area (Å²) in [4.78, 5) is 0.388. The van der Waals surface area contributed by atoms with Gasteiger partial charge in [0.1, 0.15) is 0 Å². The number of rotatable bonds is 11. The lowest BCUT2D eigenvalue weighted by molar-refractivity contribution is 0.0354. The predicted octanol–water partition coefficient (Wildman–Crippen LogP) is 7.12. The SMILES string of the molecule is CC(=CCO)CC(C=C(C)CC(C1=C(C)CCCC1(C)C)S(=O)(=O)c1ccc(C)cc1)OC(C)C. The molecular weight excluding hydrogens is 456 g/mol. The summed E-state index contributed by atoms with van der Waals surface area (Å²) in [6.07, 6.45) is 7.89. The van der Waals surface area contributed by atoms with Gasteiger partial charge in [-0.05, 0) is 96.8 Å². The molecule has 0 aliphatic heterocycles. The number of benzene rings is 1. The average molecular weight is 503 g/mol. The number of aliphatic hydroxyl groups is 1. The summed E-state index contributed by atoms with van der Waals surface area (Å²) in [7, 11) is -3.59. The van der Waals surface area contributed by atoms with Crippen LogP contribution in [-0.4, -0.2) is 37.6 Å². The molecule has 0 radical (unpaired) electrons. The van der Waals surface area contributed by atoms with Crippen LogP contribution in [0.1, 0.15) is 86.1 Å². The van der Waals surface area contributed by atoms with Crippen LogP contribution in [0.2, 0.25) is 0 Å². The molecular formula is C30H46O4S. The Bertz CT molecular complexity index is 1040. The lowest BCUT2D eigenvalue weighted by Gasteiger charge is -2.39. The first-order valence-electron chi connectivity index (χ1n) is 12.9. The molecule has 2 unspecified atom stereocenters.